The predicted octanol–water partition coefficient (Wildman–Crippen LogP) is 2.22. The standard InChI is InChI=1S/C21H25N3O3/c25-20(8-15-7-16-3-1-2-4-19(16)22-11-15)23-17-9-18(10-17)24(13-21(26)27)12-14-5-6-14/h1-4,7,11,14,17-18H,5-6,8-10,12-13H2,(H,23,25)(H,26,27). The van der Waals surface area contributed by atoms with Crippen molar-refractivity contribution in [3.8, 4) is 0 Å². The van der Waals surface area contributed by atoms with Crippen LogP contribution in [-0.2, 0) is 16.0 Å². The smallest absolute Gasteiger partial charge is 0.317 e. The van der Waals surface area contributed by atoms with Gasteiger partial charge in [0.1, 0.15) is 0 Å². The molecule has 0 bridgehead atoms. The second-order valence-corrected chi connectivity index (χ2v) is 7.87. The normalized spacial score (nSPS) is 21.8. The van der Waals surface area contributed by atoms with Crippen molar-refractivity contribution >= 4 is 22.8 Å². The largest absolute Gasteiger partial charge is 0.480 e. The number of nitrogens with zero attached hydrogens (tertiary/aromatic N) is 2. The maximum Gasteiger partial charge on any atom is 0.317 e. The Balaban J connectivity index is 1.27. The van der Waals surface area contributed by atoms with Crippen LogP contribution in [0.25, 0.3) is 10.9 Å². The fraction of sp³-hybridized carbons (Fsp3) is 0.476. The predicted molar refractivity (Wildman–Crippen MR) is 102 cm³/mol. The molecule has 6 heteroatoms. The lowest BCUT2D eigenvalue weighted by Crippen LogP contribution is -2.55. The molecule has 2 fully saturated rings. The minimum absolute atomic E-state index is 0.00232. The third-order valence-electron chi connectivity index (χ3n) is 5.53. The summed E-state index contributed by atoms with van der Waals surface area (Å²) in [4.78, 5) is 29.9. The highest BCUT2D eigenvalue weighted by Crippen LogP contribution is 2.33. The first kappa shape index (κ1) is 17.9. The van der Waals surface area contributed by atoms with E-state index in [2.05, 4.69) is 15.2 Å². The molecule has 2 aromatic rings. The van der Waals surface area contributed by atoms with E-state index in [0.29, 0.717) is 12.3 Å². The summed E-state index contributed by atoms with van der Waals surface area (Å²) in [6.07, 6.45) is 6.17. The van der Waals surface area contributed by atoms with Crippen molar-refractivity contribution < 1.29 is 14.7 Å². The van der Waals surface area contributed by atoms with Gasteiger partial charge >= 0.3 is 5.97 Å². The third-order valence-corrected chi connectivity index (χ3v) is 5.53. The lowest BCUT2D eigenvalue weighted by Gasteiger charge is -2.42. The minimum atomic E-state index is -0.771. The van der Waals surface area contributed by atoms with Gasteiger partial charge in [-0.05, 0) is 49.3 Å². The Kier molecular flexibility index (Phi) is 5.07. The van der Waals surface area contributed by atoms with E-state index in [9.17, 15) is 9.59 Å². The maximum atomic E-state index is 12.3. The highest BCUT2D eigenvalue weighted by Gasteiger charge is 2.37. The summed E-state index contributed by atoms with van der Waals surface area (Å²) in [5.74, 6) is -0.104. The Hall–Kier alpha value is -2.47. The first-order valence-corrected chi connectivity index (χ1v) is 9.65. The van der Waals surface area contributed by atoms with Crippen LogP contribution in [0.3, 0.4) is 0 Å². The molecule has 27 heavy (non-hydrogen) atoms. The van der Waals surface area contributed by atoms with Crippen molar-refractivity contribution in [3.05, 3.63) is 42.1 Å². The van der Waals surface area contributed by atoms with Crippen LogP contribution >= 0.6 is 0 Å². The molecule has 0 radical (unpaired) electrons. The van der Waals surface area contributed by atoms with Crippen LogP contribution < -0.4 is 5.32 Å². The molecule has 2 aliphatic rings. The summed E-state index contributed by atoms with van der Waals surface area (Å²) in [6.45, 7) is 0.977. The Morgan fingerprint density at radius 2 is 2.00 bits per heavy atom. The van der Waals surface area contributed by atoms with Gasteiger partial charge in [-0.15, -0.1) is 0 Å². The first-order valence-electron chi connectivity index (χ1n) is 9.65. The molecule has 142 valence electrons. The average molecular weight is 367 g/mol. The van der Waals surface area contributed by atoms with E-state index in [1.807, 2.05) is 30.3 Å². The number of aromatic nitrogens is 1. The van der Waals surface area contributed by atoms with E-state index in [0.717, 1.165) is 35.9 Å². The summed E-state index contributed by atoms with van der Waals surface area (Å²) in [7, 11) is 0. The second kappa shape index (κ2) is 7.64. The van der Waals surface area contributed by atoms with E-state index < -0.39 is 5.97 Å². The number of benzene rings is 1. The number of fused-ring (bicyclic) bond motifs is 1. The van der Waals surface area contributed by atoms with Gasteiger partial charge in [-0.3, -0.25) is 19.5 Å². The topological polar surface area (TPSA) is 82.5 Å². The highest BCUT2D eigenvalue weighted by molar-refractivity contribution is 5.82. The Morgan fingerprint density at radius 3 is 2.74 bits per heavy atom. The molecule has 0 aliphatic heterocycles. The second-order valence-electron chi connectivity index (χ2n) is 7.87. The third kappa shape index (κ3) is 4.63. The van der Waals surface area contributed by atoms with Crippen LogP contribution in [0.2, 0.25) is 0 Å². The van der Waals surface area contributed by atoms with Gasteiger partial charge in [-0.2, -0.15) is 0 Å². The van der Waals surface area contributed by atoms with Gasteiger partial charge in [0.05, 0.1) is 18.5 Å². The maximum absolute atomic E-state index is 12.3. The molecule has 1 heterocycles. The van der Waals surface area contributed by atoms with Gasteiger partial charge in [0.2, 0.25) is 5.91 Å². The van der Waals surface area contributed by atoms with Crippen molar-refractivity contribution in [2.24, 2.45) is 5.92 Å². The quantitative estimate of drug-likeness (QED) is 0.748. The number of pyridine rings is 1. The Bertz CT molecular complexity index is 843. The number of carboxylic acid groups (broad SMARTS) is 1. The molecule has 1 amide bonds. The molecule has 1 aromatic heterocycles. The number of amides is 1. The van der Waals surface area contributed by atoms with Crippen molar-refractivity contribution in [2.45, 2.75) is 44.2 Å². The van der Waals surface area contributed by atoms with Crippen LogP contribution in [0.5, 0.6) is 0 Å². The van der Waals surface area contributed by atoms with E-state index in [1.165, 1.54) is 12.8 Å². The van der Waals surface area contributed by atoms with Crippen LogP contribution in [0.4, 0.5) is 0 Å². The highest BCUT2D eigenvalue weighted by atomic mass is 16.4. The van der Waals surface area contributed by atoms with Crippen LogP contribution in [-0.4, -0.2) is 52.0 Å². The van der Waals surface area contributed by atoms with Gasteiger partial charge in [-0.1, -0.05) is 18.2 Å². The van der Waals surface area contributed by atoms with Gasteiger partial charge in [0.25, 0.3) is 0 Å². The first-order chi connectivity index (χ1) is 13.1. The number of hydrogen-bond donors (Lipinski definition) is 2. The average Bonchev–Trinajstić information content (AvgIpc) is 3.41. The Labute approximate surface area is 158 Å². The molecular formula is C21H25N3O3. The zero-order chi connectivity index (χ0) is 18.8. The summed E-state index contributed by atoms with van der Waals surface area (Å²) in [6, 6.07) is 10.3. The van der Waals surface area contributed by atoms with Crippen molar-refractivity contribution in [3.63, 3.8) is 0 Å². The number of carbonyl (C=O) groups excluding carboxylic acids is 1. The molecule has 1 aromatic carbocycles. The zero-order valence-corrected chi connectivity index (χ0v) is 15.3. The number of nitrogens with one attached hydrogen (secondary N) is 1. The summed E-state index contributed by atoms with van der Waals surface area (Å²) < 4.78 is 0. The lowest BCUT2D eigenvalue weighted by atomic mass is 9.85. The number of para-hydroxylation sites is 1. The number of rotatable bonds is 8. The summed E-state index contributed by atoms with van der Waals surface area (Å²) in [5.41, 5.74) is 1.83. The fourth-order valence-corrected chi connectivity index (χ4v) is 3.83. The molecule has 0 saturated heterocycles. The fourth-order valence-electron chi connectivity index (χ4n) is 3.83. The van der Waals surface area contributed by atoms with E-state index in [1.54, 1.807) is 6.20 Å². The minimum Gasteiger partial charge on any atom is -0.480 e. The summed E-state index contributed by atoms with van der Waals surface area (Å²) in [5, 5.41) is 13.2. The van der Waals surface area contributed by atoms with E-state index >= 15 is 0 Å². The number of hydrogen-bond acceptors (Lipinski definition) is 4. The molecule has 0 unspecified atom stereocenters. The summed E-state index contributed by atoms with van der Waals surface area (Å²) >= 11 is 0. The van der Waals surface area contributed by atoms with Gasteiger partial charge in [0.15, 0.2) is 0 Å². The molecule has 2 aliphatic carbocycles. The molecular weight excluding hydrogens is 342 g/mol. The zero-order valence-electron chi connectivity index (χ0n) is 15.3. The molecule has 2 N–H and O–H groups in total. The Morgan fingerprint density at radius 1 is 1.22 bits per heavy atom. The van der Waals surface area contributed by atoms with Gasteiger partial charge < -0.3 is 10.4 Å². The number of carbonyl (C=O) groups is 2. The van der Waals surface area contributed by atoms with Gasteiger partial charge in [0, 0.05) is 30.2 Å². The molecule has 4 rings (SSSR count). The van der Waals surface area contributed by atoms with E-state index in [-0.39, 0.29) is 24.5 Å². The number of carboxylic acids is 1. The molecule has 0 atom stereocenters. The van der Waals surface area contributed by atoms with Crippen molar-refractivity contribution in [2.75, 3.05) is 13.1 Å². The SMILES string of the molecule is O=C(O)CN(CC1CC1)C1CC(NC(=O)Cc2cnc3ccccc3c2)C1. The van der Waals surface area contributed by atoms with Crippen molar-refractivity contribution in [1.29, 1.82) is 0 Å². The van der Waals surface area contributed by atoms with Gasteiger partial charge in [-0.25, -0.2) is 0 Å². The van der Waals surface area contributed by atoms with Crippen LogP contribution in [0, 0.1) is 5.92 Å². The lowest BCUT2D eigenvalue weighted by molar-refractivity contribution is -0.140. The van der Waals surface area contributed by atoms with Crippen LogP contribution in [0.15, 0.2) is 36.5 Å². The number of aliphatic carboxylic acids is 1. The monoisotopic (exact) mass is 367 g/mol. The molecule has 6 nitrogen and oxygen atoms in total. The van der Waals surface area contributed by atoms with Crippen LogP contribution in [0.1, 0.15) is 31.2 Å². The van der Waals surface area contributed by atoms with E-state index in [4.69, 9.17) is 5.11 Å². The molecule has 0 spiro atoms. The molecule has 2 saturated carbocycles. The van der Waals surface area contributed by atoms with Crippen molar-refractivity contribution in [1.82, 2.24) is 15.2 Å².